The molecule has 1 heterocycles. The third-order valence-electron chi connectivity index (χ3n) is 3.58. The second-order valence-corrected chi connectivity index (χ2v) is 7.72. The first kappa shape index (κ1) is 17.5. The average molecular weight is 367 g/mol. The first-order valence-electron chi connectivity index (χ1n) is 6.92. The molecule has 9 heteroatoms. The molecule has 0 aliphatic carbocycles. The van der Waals surface area contributed by atoms with Crippen molar-refractivity contribution in [2.45, 2.75) is 24.2 Å². The first-order chi connectivity index (χ1) is 10.3. The van der Waals surface area contributed by atoms with Gasteiger partial charge < -0.3 is 10.2 Å². The van der Waals surface area contributed by atoms with E-state index in [1.54, 1.807) is 0 Å². The van der Waals surface area contributed by atoms with Crippen molar-refractivity contribution in [1.29, 1.82) is 0 Å². The number of hydrogen-bond donors (Lipinski definition) is 3. The number of hydrogen-bond acceptors (Lipinski definition) is 3. The maximum atomic E-state index is 12.1. The second kappa shape index (κ2) is 7.14. The van der Waals surface area contributed by atoms with Gasteiger partial charge >= 0.3 is 0 Å². The Morgan fingerprint density at radius 3 is 2.23 bits per heavy atom. The number of anilines is 1. The molecule has 0 aromatic heterocycles. The fourth-order valence-corrected chi connectivity index (χ4v) is 3.75. The van der Waals surface area contributed by atoms with Crippen molar-refractivity contribution in [3.8, 4) is 0 Å². The Kier molecular flexibility index (Phi) is 5.68. The van der Waals surface area contributed by atoms with Crippen LogP contribution < -0.4 is 15.4 Å². The molecular formula is C13H18Cl2N3O3S+. The zero-order chi connectivity index (χ0) is 16.3. The molecule has 0 unspecified atom stereocenters. The van der Waals surface area contributed by atoms with Crippen molar-refractivity contribution in [3.63, 3.8) is 0 Å². The van der Waals surface area contributed by atoms with Gasteiger partial charge in [-0.25, -0.2) is 13.6 Å². The van der Waals surface area contributed by atoms with Crippen LogP contribution >= 0.6 is 23.2 Å². The third-order valence-corrected chi connectivity index (χ3v) is 5.07. The lowest BCUT2D eigenvalue weighted by Gasteiger charge is -2.23. The van der Waals surface area contributed by atoms with Gasteiger partial charge in [-0.2, -0.15) is 0 Å². The summed E-state index contributed by atoms with van der Waals surface area (Å²) in [4.78, 5) is 13.1. The molecule has 1 aliphatic heterocycles. The van der Waals surface area contributed by atoms with Gasteiger partial charge in [-0.1, -0.05) is 23.2 Å². The molecule has 0 atom stereocenters. The van der Waals surface area contributed by atoms with Crippen LogP contribution in [0.4, 0.5) is 5.69 Å². The van der Waals surface area contributed by atoms with E-state index in [1.165, 1.54) is 23.5 Å². The van der Waals surface area contributed by atoms with Crippen LogP contribution in [0.1, 0.15) is 19.3 Å². The van der Waals surface area contributed by atoms with Gasteiger partial charge in [0.05, 0.1) is 33.7 Å². The summed E-state index contributed by atoms with van der Waals surface area (Å²) in [7, 11) is -3.90. The summed E-state index contributed by atoms with van der Waals surface area (Å²) in [5.41, 5.74) is 0.206. The molecule has 0 saturated carbocycles. The van der Waals surface area contributed by atoms with Crippen molar-refractivity contribution in [2.75, 3.05) is 25.0 Å². The van der Waals surface area contributed by atoms with Crippen molar-refractivity contribution >= 4 is 44.8 Å². The largest absolute Gasteiger partial charge is 0.327 e. The highest BCUT2D eigenvalue weighted by molar-refractivity contribution is 7.89. The van der Waals surface area contributed by atoms with Crippen LogP contribution in [-0.2, 0) is 14.8 Å². The molecule has 22 heavy (non-hydrogen) atoms. The molecule has 1 aliphatic rings. The van der Waals surface area contributed by atoms with E-state index in [1.807, 2.05) is 0 Å². The molecule has 0 spiro atoms. The minimum Gasteiger partial charge on any atom is -0.327 e. The maximum Gasteiger partial charge on any atom is 0.279 e. The Hall–Kier alpha value is -0.860. The summed E-state index contributed by atoms with van der Waals surface area (Å²) in [6, 6.07) is 2.35. The Morgan fingerprint density at radius 1 is 1.18 bits per heavy atom. The highest BCUT2D eigenvalue weighted by Gasteiger charge is 2.20. The monoisotopic (exact) mass is 366 g/mol. The number of halogens is 2. The zero-order valence-electron chi connectivity index (χ0n) is 11.9. The predicted molar refractivity (Wildman–Crippen MR) is 85.9 cm³/mol. The van der Waals surface area contributed by atoms with Crippen molar-refractivity contribution in [1.82, 2.24) is 0 Å². The number of likely N-dealkylation sites (tertiary alicyclic amines) is 1. The van der Waals surface area contributed by atoms with Crippen molar-refractivity contribution in [3.05, 3.63) is 22.2 Å². The van der Waals surface area contributed by atoms with Crippen LogP contribution in [0, 0.1) is 0 Å². The number of benzene rings is 1. The molecule has 1 aromatic rings. The molecule has 1 amide bonds. The molecule has 6 nitrogen and oxygen atoms in total. The van der Waals surface area contributed by atoms with Gasteiger partial charge in [0, 0.05) is 0 Å². The number of carbonyl (C=O) groups is 1. The summed E-state index contributed by atoms with van der Waals surface area (Å²) in [5.74, 6) is -0.205. The smallest absolute Gasteiger partial charge is 0.279 e. The third kappa shape index (κ3) is 4.57. The van der Waals surface area contributed by atoms with Crippen LogP contribution in [0.2, 0.25) is 10.0 Å². The summed E-state index contributed by atoms with van der Waals surface area (Å²) in [6.45, 7) is 2.28. The highest BCUT2D eigenvalue weighted by atomic mass is 35.5. The minimum absolute atomic E-state index is 0.0403. The molecule has 2 rings (SSSR count). The van der Waals surface area contributed by atoms with E-state index >= 15 is 0 Å². The van der Waals surface area contributed by atoms with Crippen LogP contribution in [-0.4, -0.2) is 34.0 Å². The number of amides is 1. The number of quaternary nitrogens is 1. The van der Waals surface area contributed by atoms with Gasteiger partial charge in [0.1, 0.15) is 0 Å². The van der Waals surface area contributed by atoms with E-state index in [4.69, 9.17) is 28.3 Å². The Labute approximate surface area is 139 Å². The highest BCUT2D eigenvalue weighted by Crippen LogP contribution is 2.32. The van der Waals surface area contributed by atoms with Crippen LogP contribution in [0.25, 0.3) is 0 Å². The lowest BCUT2D eigenvalue weighted by molar-refractivity contribution is -0.896. The number of piperidine rings is 1. The number of nitrogens with two attached hydrogens (primary N) is 1. The number of primary sulfonamides is 1. The van der Waals surface area contributed by atoms with Crippen molar-refractivity contribution < 1.29 is 18.1 Å². The van der Waals surface area contributed by atoms with Gasteiger partial charge in [-0.15, -0.1) is 0 Å². The predicted octanol–water partition coefficient (Wildman–Crippen LogP) is 0.648. The SMILES string of the molecule is NS(=O)(=O)c1cc(Cl)c(NC(=O)C[NH+]2CCCCC2)c(Cl)c1. The minimum atomic E-state index is -3.90. The van der Waals surface area contributed by atoms with Crippen molar-refractivity contribution in [2.24, 2.45) is 5.14 Å². The Morgan fingerprint density at radius 2 is 1.73 bits per heavy atom. The molecule has 1 fully saturated rings. The summed E-state index contributed by atoms with van der Waals surface area (Å²) in [5, 5.41) is 7.76. The molecule has 1 saturated heterocycles. The van der Waals surface area contributed by atoms with Crippen LogP contribution in [0.5, 0.6) is 0 Å². The molecule has 122 valence electrons. The van der Waals surface area contributed by atoms with E-state index < -0.39 is 10.0 Å². The van der Waals surface area contributed by atoms with Gasteiger partial charge in [0.15, 0.2) is 6.54 Å². The van der Waals surface area contributed by atoms with Gasteiger partial charge in [-0.3, -0.25) is 4.79 Å². The molecule has 1 aromatic carbocycles. The lowest BCUT2D eigenvalue weighted by atomic mass is 10.1. The Bertz CT molecular complexity index is 650. The second-order valence-electron chi connectivity index (χ2n) is 5.34. The van der Waals surface area contributed by atoms with E-state index in [0.29, 0.717) is 6.54 Å². The zero-order valence-corrected chi connectivity index (χ0v) is 14.2. The van der Waals surface area contributed by atoms with Gasteiger partial charge in [0.2, 0.25) is 10.0 Å². The Balaban J connectivity index is 2.10. The van der Waals surface area contributed by atoms with Gasteiger partial charge in [0.25, 0.3) is 5.91 Å². The average Bonchev–Trinajstić information content (AvgIpc) is 2.42. The molecule has 0 bridgehead atoms. The number of nitrogens with one attached hydrogen (secondary N) is 2. The van der Waals surface area contributed by atoms with Crippen LogP contribution in [0.15, 0.2) is 17.0 Å². The number of sulfonamides is 1. The number of carbonyl (C=O) groups excluding carboxylic acids is 1. The standard InChI is InChI=1S/C13H17Cl2N3O3S/c14-10-6-9(22(16,20)21)7-11(15)13(10)17-12(19)8-18-4-2-1-3-5-18/h6-7H,1-5,8H2,(H,17,19)(H2,16,20,21)/p+1. The fraction of sp³-hybridized carbons (Fsp3) is 0.462. The van der Waals surface area contributed by atoms with E-state index in [9.17, 15) is 13.2 Å². The molecular weight excluding hydrogens is 349 g/mol. The lowest BCUT2D eigenvalue weighted by Crippen LogP contribution is -3.13. The summed E-state index contributed by atoms with van der Waals surface area (Å²) in [6.07, 6.45) is 3.44. The molecule has 4 N–H and O–H groups in total. The number of rotatable bonds is 4. The van der Waals surface area contributed by atoms with Crippen LogP contribution in [0.3, 0.4) is 0 Å². The molecule has 0 radical (unpaired) electrons. The quantitative estimate of drug-likeness (QED) is 0.729. The summed E-state index contributed by atoms with van der Waals surface area (Å²) < 4.78 is 22.6. The topological polar surface area (TPSA) is 93.7 Å². The van der Waals surface area contributed by atoms with E-state index in [0.717, 1.165) is 25.9 Å². The van der Waals surface area contributed by atoms with Gasteiger partial charge in [-0.05, 0) is 31.4 Å². The first-order valence-corrected chi connectivity index (χ1v) is 9.23. The van der Waals surface area contributed by atoms with E-state index in [2.05, 4.69) is 5.32 Å². The summed E-state index contributed by atoms with van der Waals surface area (Å²) >= 11 is 12.0. The normalized spacial score (nSPS) is 16.5. The maximum absolute atomic E-state index is 12.1. The van der Waals surface area contributed by atoms with E-state index in [-0.39, 0.29) is 26.5 Å². The fourth-order valence-electron chi connectivity index (χ4n) is 2.47.